The molecule has 1 heterocycles. The van der Waals surface area contributed by atoms with Crippen LogP contribution >= 0.6 is 0 Å². The van der Waals surface area contributed by atoms with Crippen molar-refractivity contribution in [1.29, 1.82) is 0 Å². The average Bonchev–Trinajstić information content (AvgIpc) is 2.60. The summed E-state index contributed by atoms with van der Waals surface area (Å²) >= 11 is 0. The zero-order valence-electron chi connectivity index (χ0n) is 14.3. The summed E-state index contributed by atoms with van der Waals surface area (Å²) in [6.45, 7) is 7.60. The maximum absolute atomic E-state index is 14.5. The van der Waals surface area contributed by atoms with Gasteiger partial charge in [0.05, 0.1) is 5.69 Å². The van der Waals surface area contributed by atoms with E-state index in [0.717, 1.165) is 24.1 Å². The lowest BCUT2D eigenvalue weighted by Crippen LogP contribution is -2.25. The molecule has 0 saturated carbocycles. The summed E-state index contributed by atoms with van der Waals surface area (Å²) in [6, 6.07) is 10.1. The molecule has 0 spiro atoms. The van der Waals surface area contributed by atoms with Gasteiger partial charge in [-0.2, -0.15) is 0 Å². The van der Waals surface area contributed by atoms with Crippen molar-refractivity contribution in [2.75, 3.05) is 4.90 Å². The smallest absolute Gasteiger partial charge is 0.161 e. The number of ketones is 1. The minimum atomic E-state index is -0.584. The predicted octanol–water partition coefficient (Wildman–Crippen LogP) is 5.03. The molecule has 2 aromatic carbocycles. The normalized spacial score (nSPS) is 13.5. The predicted molar refractivity (Wildman–Crippen MR) is 96.2 cm³/mol. The van der Waals surface area contributed by atoms with Crippen LogP contribution in [0.25, 0.3) is 5.57 Å². The van der Waals surface area contributed by atoms with Crippen molar-refractivity contribution in [3.63, 3.8) is 0 Å². The van der Waals surface area contributed by atoms with E-state index in [4.69, 9.17) is 0 Å². The molecule has 1 aliphatic heterocycles. The highest BCUT2D eigenvalue weighted by Gasteiger charge is 2.28. The second-order valence-electron chi connectivity index (χ2n) is 6.13. The summed E-state index contributed by atoms with van der Waals surface area (Å²) in [4.78, 5) is 13.5. The molecule has 0 atom stereocenters. The Labute approximate surface area is 146 Å². The molecule has 0 radical (unpaired) electrons. The van der Waals surface area contributed by atoms with Crippen LogP contribution in [0.5, 0.6) is 0 Å². The van der Waals surface area contributed by atoms with Gasteiger partial charge < -0.3 is 4.90 Å². The van der Waals surface area contributed by atoms with Crippen LogP contribution in [0, 0.1) is 11.6 Å². The van der Waals surface area contributed by atoms with Gasteiger partial charge in [-0.15, -0.1) is 0 Å². The number of rotatable bonds is 4. The Hall–Kier alpha value is -2.75. The molecule has 0 unspecified atom stereocenters. The van der Waals surface area contributed by atoms with Crippen LogP contribution < -0.4 is 4.90 Å². The highest BCUT2D eigenvalue weighted by Crippen LogP contribution is 2.40. The average molecular weight is 339 g/mol. The molecule has 0 N–H and O–H groups in total. The molecular formula is C21H19F2NO. The zero-order valence-corrected chi connectivity index (χ0v) is 14.3. The molecule has 4 heteroatoms. The van der Waals surface area contributed by atoms with Gasteiger partial charge in [-0.05, 0) is 42.2 Å². The number of nitrogens with zero attached hydrogens (tertiary/aromatic N) is 1. The van der Waals surface area contributed by atoms with Crippen LogP contribution in [-0.4, -0.2) is 5.78 Å². The van der Waals surface area contributed by atoms with E-state index in [1.54, 1.807) is 11.1 Å². The number of aryl methyl sites for hydroxylation is 1. The van der Waals surface area contributed by atoms with E-state index in [0.29, 0.717) is 12.1 Å². The molecule has 0 aromatic heterocycles. The zero-order chi connectivity index (χ0) is 18.1. The van der Waals surface area contributed by atoms with E-state index in [1.807, 2.05) is 24.3 Å². The van der Waals surface area contributed by atoms with Gasteiger partial charge in [0.15, 0.2) is 5.78 Å². The quantitative estimate of drug-likeness (QED) is 0.778. The Morgan fingerprint density at radius 3 is 2.24 bits per heavy atom. The van der Waals surface area contributed by atoms with E-state index in [9.17, 15) is 13.6 Å². The monoisotopic (exact) mass is 339 g/mol. The highest BCUT2D eigenvalue weighted by atomic mass is 19.1. The van der Waals surface area contributed by atoms with Crippen molar-refractivity contribution in [3.05, 3.63) is 83.1 Å². The lowest BCUT2D eigenvalue weighted by molar-refractivity contribution is -0.113. The maximum atomic E-state index is 14.5. The van der Waals surface area contributed by atoms with Gasteiger partial charge in [-0.25, -0.2) is 8.78 Å². The molecule has 0 aliphatic carbocycles. The van der Waals surface area contributed by atoms with Gasteiger partial charge in [0, 0.05) is 23.9 Å². The second kappa shape index (κ2) is 6.63. The van der Waals surface area contributed by atoms with Crippen molar-refractivity contribution in [3.8, 4) is 0 Å². The standard InChI is InChI=1S/C21H19F2NO/c1-4-15-5-7-16(8-6-15)11-24-12-17(14(3)25)13(2)20-18(22)9-10-19(23)21(20)24/h5-10,12H,2,4,11H2,1,3H3. The molecule has 0 amide bonds. The fourth-order valence-corrected chi connectivity index (χ4v) is 3.05. The van der Waals surface area contributed by atoms with E-state index in [-0.39, 0.29) is 22.6 Å². The first-order valence-corrected chi connectivity index (χ1v) is 8.17. The number of allylic oxidation sites excluding steroid dienone is 2. The highest BCUT2D eigenvalue weighted by molar-refractivity contribution is 6.11. The van der Waals surface area contributed by atoms with Crippen molar-refractivity contribution >= 4 is 17.0 Å². The minimum absolute atomic E-state index is 0.0536. The van der Waals surface area contributed by atoms with E-state index in [1.165, 1.54) is 12.5 Å². The van der Waals surface area contributed by atoms with Crippen LogP contribution in [-0.2, 0) is 17.8 Å². The molecule has 2 aromatic rings. The first kappa shape index (κ1) is 17.1. The topological polar surface area (TPSA) is 20.3 Å². The van der Waals surface area contributed by atoms with E-state index in [2.05, 4.69) is 13.5 Å². The third-order valence-electron chi connectivity index (χ3n) is 4.44. The first-order chi connectivity index (χ1) is 11.9. The number of hydrogen-bond donors (Lipinski definition) is 0. The Bertz CT molecular complexity index is 882. The fraction of sp³-hybridized carbons (Fsp3) is 0.190. The van der Waals surface area contributed by atoms with E-state index >= 15 is 0 Å². The summed E-state index contributed by atoms with van der Waals surface area (Å²) in [5, 5.41) is 0. The van der Waals surface area contributed by atoms with Gasteiger partial charge in [-0.3, -0.25) is 4.79 Å². The number of carbonyl (C=O) groups is 1. The molecule has 0 fully saturated rings. The Kier molecular flexibility index (Phi) is 4.53. The molecule has 128 valence electrons. The lowest BCUT2D eigenvalue weighted by Gasteiger charge is -2.30. The molecule has 25 heavy (non-hydrogen) atoms. The molecule has 1 aliphatic rings. The van der Waals surface area contributed by atoms with Crippen molar-refractivity contribution in [2.45, 2.75) is 26.8 Å². The number of Topliss-reactive ketones (excluding diaryl/α,β-unsaturated/α-hetero) is 1. The number of hydrogen-bond acceptors (Lipinski definition) is 2. The van der Waals surface area contributed by atoms with Gasteiger partial charge >= 0.3 is 0 Å². The summed E-state index contributed by atoms with van der Waals surface area (Å²) in [7, 11) is 0. The first-order valence-electron chi connectivity index (χ1n) is 8.17. The molecule has 3 rings (SSSR count). The Morgan fingerprint density at radius 1 is 1.04 bits per heavy atom. The van der Waals surface area contributed by atoms with Crippen LogP contribution in [0.4, 0.5) is 14.5 Å². The number of halogens is 2. The van der Waals surface area contributed by atoms with Gasteiger partial charge in [0.2, 0.25) is 0 Å². The molecular weight excluding hydrogens is 320 g/mol. The SMILES string of the molecule is C=C1C(C(C)=O)=CN(Cc2ccc(CC)cc2)c2c(F)ccc(F)c21. The number of anilines is 1. The third kappa shape index (κ3) is 3.12. The summed E-state index contributed by atoms with van der Waals surface area (Å²) < 4.78 is 28.8. The fourth-order valence-electron chi connectivity index (χ4n) is 3.05. The van der Waals surface area contributed by atoms with Gasteiger partial charge in [0.25, 0.3) is 0 Å². The second-order valence-corrected chi connectivity index (χ2v) is 6.13. The van der Waals surface area contributed by atoms with E-state index < -0.39 is 11.6 Å². The van der Waals surface area contributed by atoms with Crippen LogP contribution in [0.15, 0.2) is 54.8 Å². The molecule has 0 saturated heterocycles. The van der Waals surface area contributed by atoms with Crippen molar-refractivity contribution in [1.82, 2.24) is 0 Å². The van der Waals surface area contributed by atoms with Crippen LogP contribution in [0.3, 0.4) is 0 Å². The van der Waals surface area contributed by atoms with Crippen molar-refractivity contribution < 1.29 is 13.6 Å². The largest absolute Gasteiger partial charge is 0.340 e. The number of fused-ring (bicyclic) bond motifs is 1. The number of carbonyl (C=O) groups excluding carboxylic acids is 1. The van der Waals surface area contributed by atoms with Crippen molar-refractivity contribution in [2.24, 2.45) is 0 Å². The summed E-state index contributed by atoms with van der Waals surface area (Å²) in [6.07, 6.45) is 2.49. The third-order valence-corrected chi connectivity index (χ3v) is 4.44. The van der Waals surface area contributed by atoms with Crippen LogP contribution in [0.1, 0.15) is 30.5 Å². The number of benzene rings is 2. The lowest BCUT2D eigenvalue weighted by atomic mass is 9.91. The van der Waals surface area contributed by atoms with Crippen LogP contribution in [0.2, 0.25) is 0 Å². The summed E-state index contributed by atoms with van der Waals surface area (Å²) in [5.41, 5.74) is 2.83. The Morgan fingerprint density at radius 2 is 1.64 bits per heavy atom. The Balaban J connectivity index is 2.08. The molecule has 0 bridgehead atoms. The summed E-state index contributed by atoms with van der Waals surface area (Å²) in [5.74, 6) is -1.35. The minimum Gasteiger partial charge on any atom is -0.340 e. The van der Waals surface area contributed by atoms with Gasteiger partial charge in [-0.1, -0.05) is 37.8 Å². The van der Waals surface area contributed by atoms with Gasteiger partial charge in [0.1, 0.15) is 11.6 Å². The maximum Gasteiger partial charge on any atom is 0.161 e. The molecule has 2 nitrogen and oxygen atoms in total.